The standard InChI is InChI=1S/C13H15FN2O2/c1-2-11-13(18)16(8-12(17)15-11)7-9-3-5-10(14)6-4-9/h3-6,11H,2,7-8H2,1H3,(H,15,17). The molecule has 0 aliphatic carbocycles. The van der Waals surface area contributed by atoms with E-state index in [0.717, 1.165) is 5.56 Å². The summed E-state index contributed by atoms with van der Waals surface area (Å²) in [6, 6.07) is 5.50. The van der Waals surface area contributed by atoms with Gasteiger partial charge >= 0.3 is 0 Å². The normalized spacial score (nSPS) is 19.9. The molecule has 1 unspecified atom stereocenters. The van der Waals surface area contributed by atoms with Gasteiger partial charge < -0.3 is 10.2 Å². The van der Waals surface area contributed by atoms with Crippen molar-refractivity contribution in [3.05, 3.63) is 35.6 Å². The highest BCUT2D eigenvalue weighted by molar-refractivity contribution is 5.94. The Kier molecular flexibility index (Phi) is 3.60. The summed E-state index contributed by atoms with van der Waals surface area (Å²) in [5.41, 5.74) is 0.814. The van der Waals surface area contributed by atoms with Gasteiger partial charge in [-0.2, -0.15) is 0 Å². The van der Waals surface area contributed by atoms with Gasteiger partial charge in [-0.1, -0.05) is 19.1 Å². The van der Waals surface area contributed by atoms with Crippen LogP contribution in [0.2, 0.25) is 0 Å². The van der Waals surface area contributed by atoms with Crippen molar-refractivity contribution in [2.45, 2.75) is 25.9 Å². The summed E-state index contributed by atoms with van der Waals surface area (Å²) in [6.07, 6.45) is 0.574. The maximum Gasteiger partial charge on any atom is 0.245 e. The molecule has 2 rings (SSSR count). The number of hydrogen-bond acceptors (Lipinski definition) is 2. The zero-order valence-corrected chi connectivity index (χ0v) is 10.1. The fourth-order valence-corrected chi connectivity index (χ4v) is 1.99. The molecule has 1 fully saturated rings. The quantitative estimate of drug-likeness (QED) is 0.872. The maximum absolute atomic E-state index is 12.8. The van der Waals surface area contributed by atoms with Crippen LogP contribution in [0, 0.1) is 5.82 Å². The predicted molar refractivity (Wildman–Crippen MR) is 64.0 cm³/mol. The van der Waals surface area contributed by atoms with Crippen molar-refractivity contribution in [3.63, 3.8) is 0 Å². The lowest BCUT2D eigenvalue weighted by molar-refractivity contribution is -0.144. The van der Waals surface area contributed by atoms with E-state index in [9.17, 15) is 14.0 Å². The molecule has 4 nitrogen and oxygen atoms in total. The van der Waals surface area contributed by atoms with Crippen LogP contribution >= 0.6 is 0 Å². The first-order valence-electron chi connectivity index (χ1n) is 5.92. The third-order valence-electron chi connectivity index (χ3n) is 2.97. The Morgan fingerprint density at radius 1 is 1.33 bits per heavy atom. The van der Waals surface area contributed by atoms with Gasteiger partial charge in [-0.05, 0) is 24.1 Å². The van der Waals surface area contributed by atoms with Crippen LogP contribution < -0.4 is 5.32 Å². The summed E-state index contributed by atoms with van der Waals surface area (Å²) in [6.45, 7) is 2.25. The Balaban J connectivity index is 2.09. The van der Waals surface area contributed by atoms with E-state index in [1.54, 1.807) is 12.1 Å². The molecule has 2 amide bonds. The molecule has 0 aromatic heterocycles. The average molecular weight is 250 g/mol. The topological polar surface area (TPSA) is 49.4 Å². The Hall–Kier alpha value is -1.91. The van der Waals surface area contributed by atoms with E-state index in [1.165, 1.54) is 17.0 Å². The van der Waals surface area contributed by atoms with Crippen LogP contribution in [0.1, 0.15) is 18.9 Å². The smallest absolute Gasteiger partial charge is 0.245 e. The molecule has 0 spiro atoms. The lowest BCUT2D eigenvalue weighted by Crippen LogP contribution is -2.57. The highest BCUT2D eigenvalue weighted by Gasteiger charge is 2.31. The third-order valence-corrected chi connectivity index (χ3v) is 2.97. The molecule has 1 heterocycles. The summed E-state index contributed by atoms with van der Waals surface area (Å²) < 4.78 is 12.8. The fourth-order valence-electron chi connectivity index (χ4n) is 1.99. The van der Waals surface area contributed by atoms with Gasteiger partial charge in [0.2, 0.25) is 11.8 Å². The lowest BCUT2D eigenvalue weighted by atomic mass is 10.1. The van der Waals surface area contributed by atoms with Gasteiger partial charge in [0.25, 0.3) is 0 Å². The van der Waals surface area contributed by atoms with Gasteiger partial charge in [-0.25, -0.2) is 4.39 Å². The molecule has 18 heavy (non-hydrogen) atoms. The fraction of sp³-hybridized carbons (Fsp3) is 0.385. The van der Waals surface area contributed by atoms with E-state index in [4.69, 9.17) is 0 Å². The summed E-state index contributed by atoms with van der Waals surface area (Å²) in [5.74, 6) is -0.544. The second kappa shape index (κ2) is 5.16. The predicted octanol–water partition coefficient (Wildman–Crippen LogP) is 1.06. The number of piperazine rings is 1. The lowest BCUT2D eigenvalue weighted by Gasteiger charge is -2.32. The summed E-state index contributed by atoms with van der Waals surface area (Å²) in [7, 11) is 0. The number of hydrogen-bond donors (Lipinski definition) is 1. The SMILES string of the molecule is CCC1NC(=O)CN(Cc2ccc(F)cc2)C1=O. The Morgan fingerprint density at radius 3 is 2.61 bits per heavy atom. The molecule has 1 aliphatic heterocycles. The van der Waals surface area contributed by atoms with Crippen molar-refractivity contribution in [1.29, 1.82) is 0 Å². The summed E-state index contributed by atoms with van der Waals surface area (Å²) in [4.78, 5) is 25.0. The zero-order chi connectivity index (χ0) is 13.1. The Bertz CT molecular complexity index is 459. The van der Waals surface area contributed by atoms with Gasteiger partial charge in [0.1, 0.15) is 11.9 Å². The number of carbonyl (C=O) groups excluding carboxylic acids is 2. The molecule has 0 radical (unpaired) electrons. The first-order valence-corrected chi connectivity index (χ1v) is 5.92. The van der Waals surface area contributed by atoms with E-state index in [2.05, 4.69) is 5.32 Å². The second-order valence-corrected chi connectivity index (χ2v) is 4.35. The zero-order valence-electron chi connectivity index (χ0n) is 10.1. The highest BCUT2D eigenvalue weighted by atomic mass is 19.1. The molecule has 1 aromatic rings. The number of nitrogens with one attached hydrogen (secondary N) is 1. The van der Waals surface area contributed by atoms with Crippen LogP contribution in [0.3, 0.4) is 0 Å². The maximum atomic E-state index is 12.8. The van der Waals surface area contributed by atoms with Gasteiger partial charge in [0.05, 0.1) is 6.54 Å². The molecular formula is C13H15FN2O2. The van der Waals surface area contributed by atoms with Crippen LogP contribution in [0.5, 0.6) is 0 Å². The molecule has 0 saturated carbocycles. The molecule has 1 saturated heterocycles. The van der Waals surface area contributed by atoms with Gasteiger partial charge in [-0.3, -0.25) is 9.59 Å². The van der Waals surface area contributed by atoms with E-state index in [-0.39, 0.29) is 24.2 Å². The van der Waals surface area contributed by atoms with E-state index in [1.807, 2.05) is 6.92 Å². The van der Waals surface area contributed by atoms with Crippen LogP contribution in [-0.4, -0.2) is 29.3 Å². The molecular weight excluding hydrogens is 235 g/mol. The molecule has 5 heteroatoms. The summed E-state index contributed by atoms with van der Waals surface area (Å²) in [5, 5.41) is 2.65. The highest BCUT2D eigenvalue weighted by Crippen LogP contribution is 2.11. The van der Waals surface area contributed by atoms with Crippen molar-refractivity contribution < 1.29 is 14.0 Å². The first-order chi connectivity index (χ1) is 8.60. The van der Waals surface area contributed by atoms with Crippen molar-refractivity contribution in [2.24, 2.45) is 0 Å². The van der Waals surface area contributed by atoms with Crippen LogP contribution in [0.15, 0.2) is 24.3 Å². The van der Waals surface area contributed by atoms with E-state index in [0.29, 0.717) is 13.0 Å². The molecule has 1 N–H and O–H groups in total. The Labute approximate surface area is 105 Å². The third kappa shape index (κ3) is 2.67. The minimum Gasteiger partial charge on any atom is -0.343 e. The summed E-state index contributed by atoms with van der Waals surface area (Å²) >= 11 is 0. The van der Waals surface area contributed by atoms with Crippen molar-refractivity contribution in [1.82, 2.24) is 10.2 Å². The molecule has 1 aliphatic rings. The molecule has 1 atom stereocenters. The number of benzene rings is 1. The number of amides is 2. The second-order valence-electron chi connectivity index (χ2n) is 4.35. The monoisotopic (exact) mass is 250 g/mol. The van der Waals surface area contributed by atoms with Crippen LogP contribution in [0.25, 0.3) is 0 Å². The van der Waals surface area contributed by atoms with Crippen molar-refractivity contribution in [2.75, 3.05) is 6.54 Å². The van der Waals surface area contributed by atoms with Gasteiger partial charge in [0.15, 0.2) is 0 Å². The van der Waals surface area contributed by atoms with Crippen molar-refractivity contribution >= 4 is 11.8 Å². The van der Waals surface area contributed by atoms with Gasteiger partial charge in [0, 0.05) is 6.54 Å². The molecule has 96 valence electrons. The molecule has 1 aromatic carbocycles. The van der Waals surface area contributed by atoms with E-state index >= 15 is 0 Å². The average Bonchev–Trinajstić information content (AvgIpc) is 2.36. The largest absolute Gasteiger partial charge is 0.343 e. The number of carbonyl (C=O) groups is 2. The number of nitrogens with zero attached hydrogens (tertiary/aromatic N) is 1. The Morgan fingerprint density at radius 2 is 2.00 bits per heavy atom. The van der Waals surface area contributed by atoms with Gasteiger partial charge in [-0.15, -0.1) is 0 Å². The van der Waals surface area contributed by atoms with Crippen LogP contribution in [-0.2, 0) is 16.1 Å². The number of halogens is 1. The minimum atomic E-state index is -0.438. The van der Waals surface area contributed by atoms with E-state index < -0.39 is 6.04 Å². The number of rotatable bonds is 3. The first kappa shape index (κ1) is 12.5. The van der Waals surface area contributed by atoms with Crippen LogP contribution in [0.4, 0.5) is 4.39 Å². The molecule has 0 bridgehead atoms. The minimum absolute atomic E-state index is 0.0622. The van der Waals surface area contributed by atoms with Crippen molar-refractivity contribution in [3.8, 4) is 0 Å².